The summed E-state index contributed by atoms with van der Waals surface area (Å²) in [5.74, 6) is 0.282. The number of carbonyl (C=O) groups is 1. The third-order valence-corrected chi connectivity index (χ3v) is 6.89. The van der Waals surface area contributed by atoms with Crippen molar-refractivity contribution < 1.29 is 18.0 Å². The van der Waals surface area contributed by atoms with Crippen molar-refractivity contribution in [3.63, 3.8) is 0 Å². The van der Waals surface area contributed by atoms with Crippen LogP contribution in [0.5, 0.6) is 0 Å². The Morgan fingerprint density at radius 1 is 1.06 bits per heavy atom. The van der Waals surface area contributed by atoms with Crippen LogP contribution in [0.2, 0.25) is 0 Å². The summed E-state index contributed by atoms with van der Waals surface area (Å²) in [6, 6.07) is 20.7. The second-order valence-corrected chi connectivity index (χ2v) is 9.89. The fraction of sp³-hybridized carbons (Fsp3) is 0.259. The molecule has 1 aliphatic rings. The van der Waals surface area contributed by atoms with Gasteiger partial charge >= 0.3 is 6.18 Å². The number of imidazole rings is 1. The first kappa shape index (κ1) is 24.5. The first-order valence-electron chi connectivity index (χ1n) is 11.7. The van der Waals surface area contributed by atoms with Crippen molar-refractivity contribution in [1.82, 2.24) is 14.5 Å². The average Bonchev–Trinajstić information content (AvgIpc) is 3.21. The highest BCUT2D eigenvalue weighted by Gasteiger charge is 2.31. The molecule has 0 radical (unpaired) electrons. The number of benzene rings is 3. The molecule has 0 aliphatic carbocycles. The van der Waals surface area contributed by atoms with Gasteiger partial charge in [-0.2, -0.15) is 13.2 Å². The number of carbonyl (C=O) groups excluding carboxylic acids is 1. The van der Waals surface area contributed by atoms with Crippen molar-refractivity contribution in [2.45, 2.75) is 25.6 Å². The van der Waals surface area contributed by atoms with Gasteiger partial charge in [-0.1, -0.05) is 40.2 Å². The molecule has 36 heavy (non-hydrogen) atoms. The molecule has 5 nitrogen and oxygen atoms in total. The number of para-hydroxylation sites is 2. The Balaban J connectivity index is 1.34. The zero-order valence-corrected chi connectivity index (χ0v) is 20.9. The molecule has 4 aromatic rings. The van der Waals surface area contributed by atoms with E-state index < -0.39 is 11.7 Å². The van der Waals surface area contributed by atoms with E-state index in [4.69, 9.17) is 4.98 Å². The van der Waals surface area contributed by atoms with Gasteiger partial charge in [-0.15, -0.1) is 0 Å². The van der Waals surface area contributed by atoms with Gasteiger partial charge in [0.2, 0.25) is 5.91 Å². The van der Waals surface area contributed by atoms with Crippen molar-refractivity contribution >= 4 is 38.6 Å². The van der Waals surface area contributed by atoms with E-state index in [0.717, 1.165) is 52.1 Å². The van der Waals surface area contributed by atoms with Crippen LogP contribution in [0.25, 0.3) is 16.7 Å². The molecule has 1 fully saturated rings. The maximum Gasteiger partial charge on any atom is 0.416 e. The molecule has 0 bridgehead atoms. The van der Waals surface area contributed by atoms with Crippen LogP contribution in [0.1, 0.15) is 24.2 Å². The van der Waals surface area contributed by atoms with E-state index in [1.807, 2.05) is 48.5 Å². The van der Waals surface area contributed by atoms with Crippen LogP contribution >= 0.6 is 15.9 Å². The van der Waals surface area contributed by atoms with Crippen molar-refractivity contribution in [3.05, 3.63) is 88.7 Å². The number of rotatable bonds is 5. The minimum Gasteiger partial charge on any atom is -0.326 e. The molecule has 0 spiro atoms. The van der Waals surface area contributed by atoms with Gasteiger partial charge in [-0.05, 0) is 67.9 Å². The number of nitrogens with one attached hydrogen (secondary N) is 1. The van der Waals surface area contributed by atoms with Gasteiger partial charge in [0.15, 0.2) is 0 Å². The molecule has 1 N–H and O–H groups in total. The van der Waals surface area contributed by atoms with Gasteiger partial charge in [0.1, 0.15) is 5.82 Å². The molecular weight excluding hydrogens is 533 g/mol. The van der Waals surface area contributed by atoms with E-state index in [2.05, 4.69) is 30.7 Å². The number of nitrogens with zero attached hydrogens (tertiary/aromatic N) is 3. The summed E-state index contributed by atoms with van der Waals surface area (Å²) in [6.07, 6.45) is -2.96. The molecule has 0 unspecified atom stereocenters. The fourth-order valence-corrected chi connectivity index (χ4v) is 5.10. The molecule has 2 heterocycles. The quantitative estimate of drug-likeness (QED) is 0.299. The summed E-state index contributed by atoms with van der Waals surface area (Å²) in [5, 5.41) is 2.68. The molecule has 1 atom stereocenters. The normalized spacial score (nSPS) is 16.8. The second kappa shape index (κ2) is 10.1. The Labute approximate surface area is 215 Å². The van der Waals surface area contributed by atoms with Crippen LogP contribution in [-0.2, 0) is 17.5 Å². The Kier molecular flexibility index (Phi) is 6.85. The smallest absolute Gasteiger partial charge is 0.326 e. The summed E-state index contributed by atoms with van der Waals surface area (Å²) in [7, 11) is 0. The van der Waals surface area contributed by atoms with Crippen LogP contribution in [0.15, 0.2) is 77.3 Å². The van der Waals surface area contributed by atoms with Gasteiger partial charge in [-0.25, -0.2) is 4.98 Å². The molecule has 1 aromatic heterocycles. The molecule has 1 amide bonds. The van der Waals surface area contributed by atoms with E-state index in [1.165, 1.54) is 12.1 Å². The van der Waals surface area contributed by atoms with E-state index in [0.29, 0.717) is 19.5 Å². The summed E-state index contributed by atoms with van der Waals surface area (Å²) in [5.41, 5.74) is 2.26. The van der Waals surface area contributed by atoms with Crippen LogP contribution in [0.4, 0.5) is 18.9 Å². The third-order valence-electron chi connectivity index (χ3n) is 6.40. The maximum atomic E-state index is 13.0. The van der Waals surface area contributed by atoms with Crippen molar-refractivity contribution in [2.24, 2.45) is 5.92 Å². The standard InChI is InChI=1S/C27H24BrF3N4O/c28-20-8-4-10-22(15-20)35-24-12-2-1-11-23(24)33-25(35)17-34-13-5-6-18(16-34)26(36)32-21-9-3-7-19(14-21)27(29,30)31/h1-4,7-12,14-15,18H,5-6,13,16-17H2,(H,32,36)/t18-/m1/s1. The lowest BCUT2D eigenvalue weighted by Gasteiger charge is -2.31. The highest BCUT2D eigenvalue weighted by molar-refractivity contribution is 9.10. The van der Waals surface area contributed by atoms with Gasteiger partial charge in [0, 0.05) is 22.4 Å². The van der Waals surface area contributed by atoms with Crippen LogP contribution in [0, 0.1) is 5.92 Å². The molecule has 1 aliphatic heterocycles. The number of piperidine rings is 1. The van der Waals surface area contributed by atoms with Gasteiger partial charge < -0.3 is 5.32 Å². The number of likely N-dealkylation sites (tertiary alicyclic amines) is 1. The van der Waals surface area contributed by atoms with Crippen LogP contribution in [-0.4, -0.2) is 33.4 Å². The van der Waals surface area contributed by atoms with Crippen molar-refractivity contribution in [1.29, 1.82) is 0 Å². The Hall–Kier alpha value is -3.17. The number of halogens is 4. The van der Waals surface area contributed by atoms with E-state index in [9.17, 15) is 18.0 Å². The molecule has 0 saturated carbocycles. The molecule has 1 saturated heterocycles. The SMILES string of the molecule is O=C(Nc1cccc(C(F)(F)F)c1)[C@@H]1CCCN(Cc2nc3ccccc3n2-c2cccc(Br)c2)C1. The summed E-state index contributed by atoms with van der Waals surface area (Å²) >= 11 is 3.55. The van der Waals surface area contributed by atoms with Gasteiger partial charge in [-0.3, -0.25) is 14.3 Å². The highest BCUT2D eigenvalue weighted by Crippen LogP contribution is 2.31. The largest absolute Gasteiger partial charge is 0.416 e. The predicted molar refractivity (Wildman–Crippen MR) is 137 cm³/mol. The Morgan fingerprint density at radius 3 is 2.67 bits per heavy atom. The number of alkyl halides is 3. The number of fused-ring (bicyclic) bond motifs is 1. The topological polar surface area (TPSA) is 50.2 Å². The zero-order chi connectivity index (χ0) is 25.3. The lowest BCUT2D eigenvalue weighted by Crippen LogP contribution is -2.40. The van der Waals surface area contributed by atoms with E-state index in [-0.39, 0.29) is 17.5 Å². The predicted octanol–water partition coefficient (Wildman–Crippen LogP) is 6.66. The number of aromatic nitrogens is 2. The Morgan fingerprint density at radius 2 is 1.86 bits per heavy atom. The molecular formula is C27H24BrF3N4O. The molecule has 3 aromatic carbocycles. The number of anilines is 1. The number of hydrogen-bond donors (Lipinski definition) is 1. The summed E-state index contributed by atoms with van der Waals surface area (Å²) < 4.78 is 42.2. The van der Waals surface area contributed by atoms with E-state index in [1.54, 1.807) is 0 Å². The minimum absolute atomic E-state index is 0.156. The fourth-order valence-electron chi connectivity index (χ4n) is 4.72. The first-order valence-corrected chi connectivity index (χ1v) is 12.5. The summed E-state index contributed by atoms with van der Waals surface area (Å²) in [4.78, 5) is 20.0. The summed E-state index contributed by atoms with van der Waals surface area (Å²) in [6.45, 7) is 1.87. The van der Waals surface area contributed by atoms with Gasteiger partial charge in [0.25, 0.3) is 0 Å². The maximum absolute atomic E-state index is 13.0. The zero-order valence-electron chi connectivity index (χ0n) is 19.3. The number of amides is 1. The van der Waals surface area contributed by atoms with Gasteiger partial charge in [0.05, 0.1) is 29.1 Å². The van der Waals surface area contributed by atoms with Crippen LogP contribution < -0.4 is 5.32 Å². The number of hydrogen-bond acceptors (Lipinski definition) is 3. The van der Waals surface area contributed by atoms with E-state index >= 15 is 0 Å². The second-order valence-electron chi connectivity index (χ2n) is 8.97. The molecule has 5 rings (SSSR count). The minimum atomic E-state index is -4.46. The third kappa shape index (κ3) is 5.32. The first-order chi connectivity index (χ1) is 17.3. The highest BCUT2D eigenvalue weighted by atomic mass is 79.9. The van der Waals surface area contributed by atoms with Crippen molar-refractivity contribution in [2.75, 3.05) is 18.4 Å². The van der Waals surface area contributed by atoms with Crippen LogP contribution in [0.3, 0.4) is 0 Å². The lowest BCUT2D eigenvalue weighted by atomic mass is 9.97. The molecule has 9 heteroatoms. The van der Waals surface area contributed by atoms with Crippen molar-refractivity contribution in [3.8, 4) is 5.69 Å². The average molecular weight is 557 g/mol. The lowest BCUT2D eigenvalue weighted by molar-refractivity contribution is -0.137. The molecule has 186 valence electrons. The monoisotopic (exact) mass is 556 g/mol. The Bertz CT molecular complexity index is 1400.